The van der Waals surface area contributed by atoms with Gasteiger partial charge in [-0.2, -0.15) is 8.42 Å². The summed E-state index contributed by atoms with van der Waals surface area (Å²) < 4.78 is 31.0. The Hall–Kier alpha value is -1.18. The van der Waals surface area contributed by atoms with E-state index in [4.69, 9.17) is 15.5 Å². The Morgan fingerprint density at radius 2 is 2.15 bits per heavy atom. The van der Waals surface area contributed by atoms with Crippen molar-refractivity contribution in [1.29, 1.82) is 0 Å². The maximum absolute atomic E-state index is 10.8. The van der Waals surface area contributed by atoms with Crippen LogP contribution in [0.4, 0.5) is 0 Å². The van der Waals surface area contributed by atoms with Crippen LogP contribution in [0.5, 0.6) is 0 Å². The van der Waals surface area contributed by atoms with E-state index in [0.29, 0.717) is 0 Å². The maximum atomic E-state index is 10.8. The highest BCUT2D eigenvalue weighted by molar-refractivity contribution is 7.85. The SMILES string of the molecule is N[n+]1cccc(CO)c1S(=O)(=O)O. The summed E-state index contributed by atoms with van der Waals surface area (Å²) in [4.78, 5) is 0. The van der Waals surface area contributed by atoms with Crippen LogP contribution < -0.4 is 10.5 Å². The molecular formula is C6H9N2O4S+. The molecule has 0 aliphatic rings. The largest absolute Gasteiger partial charge is 0.391 e. The predicted octanol–water partition coefficient (Wildman–Crippen LogP) is -1.57. The van der Waals surface area contributed by atoms with Crippen molar-refractivity contribution < 1.29 is 22.8 Å². The van der Waals surface area contributed by atoms with Crippen molar-refractivity contribution in [2.75, 3.05) is 5.84 Å². The van der Waals surface area contributed by atoms with Gasteiger partial charge in [0.2, 0.25) is 6.20 Å². The zero-order valence-corrected chi connectivity index (χ0v) is 7.40. The summed E-state index contributed by atoms with van der Waals surface area (Å²) in [5, 5.41) is 8.26. The van der Waals surface area contributed by atoms with E-state index in [2.05, 4.69) is 0 Å². The minimum Gasteiger partial charge on any atom is -0.391 e. The molecule has 0 saturated carbocycles. The van der Waals surface area contributed by atoms with Crippen molar-refractivity contribution in [3.8, 4) is 0 Å². The second-order valence-corrected chi connectivity index (χ2v) is 3.72. The molecule has 72 valence electrons. The molecule has 1 heterocycles. The van der Waals surface area contributed by atoms with Gasteiger partial charge in [-0.25, -0.2) is 5.84 Å². The smallest absolute Gasteiger partial charge is 0.358 e. The second kappa shape index (κ2) is 3.29. The summed E-state index contributed by atoms with van der Waals surface area (Å²) in [5.41, 5.74) is 0.0486. The van der Waals surface area contributed by atoms with E-state index in [1.807, 2.05) is 0 Å². The van der Waals surface area contributed by atoms with E-state index in [0.717, 1.165) is 4.68 Å². The number of rotatable bonds is 2. The molecule has 13 heavy (non-hydrogen) atoms. The first-order valence-electron chi connectivity index (χ1n) is 3.34. The molecule has 0 aromatic carbocycles. The molecule has 1 rings (SSSR count). The Bertz CT molecular complexity index is 415. The Morgan fingerprint density at radius 1 is 1.54 bits per heavy atom. The predicted molar refractivity (Wildman–Crippen MR) is 42.5 cm³/mol. The number of aliphatic hydroxyl groups is 1. The van der Waals surface area contributed by atoms with Gasteiger partial charge in [0.1, 0.15) is 0 Å². The van der Waals surface area contributed by atoms with Gasteiger partial charge in [0.15, 0.2) is 0 Å². The molecule has 6 nitrogen and oxygen atoms in total. The van der Waals surface area contributed by atoms with E-state index in [9.17, 15) is 8.42 Å². The van der Waals surface area contributed by atoms with Gasteiger partial charge < -0.3 is 5.11 Å². The first kappa shape index (κ1) is 9.90. The van der Waals surface area contributed by atoms with Gasteiger partial charge in [0, 0.05) is 6.07 Å². The second-order valence-electron chi connectivity index (χ2n) is 2.38. The average Bonchev–Trinajstić information content (AvgIpc) is 2.01. The van der Waals surface area contributed by atoms with E-state index in [1.54, 1.807) is 0 Å². The van der Waals surface area contributed by atoms with Gasteiger partial charge in [-0.1, -0.05) is 4.68 Å². The van der Waals surface area contributed by atoms with Gasteiger partial charge in [0.05, 0.1) is 12.2 Å². The lowest BCUT2D eigenvalue weighted by atomic mass is 10.3. The Labute approximate surface area is 75.0 Å². The molecule has 0 radical (unpaired) electrons. The molecule has 0 unspecified atom stereocenters. The lowest BCUT2D eigenvalue weighted by Crippen LogP contribution is -2.49. The lowest BCUT2D eigenvalue weighted by Gasteiger charge is -1.99. The van der Waals surface area contributed by atoms with Crippen molar-refractivity contribution >= 4 is 10.1 Å². The highest BCUT2D eigenvalue weighted by Gasteiger charge is 2.26. The van der Waals surface area contributed by atoms with E-state index >= 15 is 0 Å². The van der Waals surface area contributed by atoms with Crippen LogP contribution in [0.15, 0.2) is 23.4 Å². The highest BCUT2D eigenvalue weighted by atomic mass is 32.2. The van der Waals surface area contributed by atoms with Crippen LogP contribution >= 0.6 is 0 Å². The fourth-order valence-electron chi connectivity index (χ4n) is 0.976. The number of nitrogens with two attached hydrogens (primary N) is 1. The normalized spacial score (nSPS) is 11.5. The van der Waals surface area contributed by atoms with Crippen LogP contribution in [0.2, 0.25) is 0 Å². The van der Waals surface area contributed by atoms with Crippen molar-refractivity contribution in [3.05, 3.63) is 23.9 Å². The summed E-state index contributed by atoms with van der Waals surface area (Å²) in [6.45, 7) is -0.507. The molecule has 0 aliphatic carbocycles. The molecular weight excluding hydrogens is 196 g/mol. The summed E-state index contributed by atoms with van der Waals surface area (Å²) in [6, 6.07) is 2.81. The van der Waals surface area contributed by atoms with Gasteiger partial charge in [-0.05, 0) is 6.07 Å². The minimum absolute atomic E-state index is 0.0486. The van der Waals surface area contributed by atoms with Crippen LogP contribution in [-0.4, -0.2) is 18.1 Å². The molecule has 1 aromatic heterocycles. The Balaban J connectivity index is 3.50. The van der Waals surface area contributed by atoms with Crippen LogP contribution in [0.1, 0.15) is 5.56 Å². The van der Waals surface area contributed by atoms with Crippen molar-refractivity contribution in [3.63, 3.8) is 0 Å². The molecule has 0 amide bonds. The van der Waals surface area contributed by atoms with E-state index in [-0.39, 0.29) is 5.56 Å². The van der Waals surface area contributed by atoms with Crippen molar-refractivity contribution in [2.24, 2.45) is 0 Å². The number of aliphatic hydroxyl groups excluding tert-OH is 1. The van der Waals surface area contributed by atoms with Crippen LogP contribution in [0.3, 0.4) is 0 Å². The summed E-state index contributed by atoms with van der Waals surface area (Å²) in [6.07, 6.45) is 1.25. The van der Waals surface area contributed by atoms with Crippen LogP contribution in [0, 0.1) is 0 Å². The third-order valence-electron chi connectivity index (χ3n) is 1.47. The molecule has 0 aliphatic heterocycles. The number of hydrogen-bond acceptors (Lipinski definition) is 4. The molecule has 7 heteroatoms. The van der Waals surface area contributed by atoms with Crippen molar-refractivity contribution in [2.45, 2.75) is 11.6 Å². The number of aromatic nitrogens is 1. The molecule has 0 bridgehead atoms. The maximum Gasteiger partial charge on any atom is 0.358 e. The summed E-state index contributed by atoms with van der Waals surface area (Å²) in [7, 11) is -4.40. The number of pyridine rings is 1. The fourth-order valence-corrected chi connectivity index (χ4v) is 1.77. The zero-order chi connectivity index (χ0) is 10.1. The fraction of sp³-hybridized carbons (Fsp3) is 0.167. The standard InChI is InChI=1S/C6H8N2O4S/c7-8-3-1-2-5(4-9)6(8)13(10,11)12/h1-3,9H,4,7H2/p+1. The Morgan fingerprint density at radius 3 is 2.54 bits per heavy atom. The summed E-state index contributed by atoms with van der Waals surface area (Å²) >= 11 is 0. The first-order valence-corrected chi connectivity index (χ1v) is 4.78. The quantitative estimate of drug-likeness (QED) is 0.307. The van der Waals surface area contributed by atoms with Crippen molar-refractivity contribution in [1.82, 2.24) is 0 Å². The third kappa shape index (κ3) is 1.94. The van der Waals surface area contributed by atoms with Gasteiger partial charge in [-0.3, -0.25) is 4.55 Å². The highest BCUT2D eigenvalue weighted by Crippen LogP contribution is 2.08. The minimum atomic E-state index is -4.40. The van der Waals surface area contributed by atoms with E-state index < -0.39 is 21.8 Å². The topological polar surface area (TPSA) is 104 Å². The van der Waals surface area contributed by atoms with E-state index in [1.165, 1.54) is 18.3 Å². The number of nitrogens with zero attached hydrogens (tertiary/aromatic N) is 1. The Kier molecular flexibility index (Phi) is 2.50. The average molecular weight is 205 g/mol. The summed E-state index contributed by atoms with van der Waals surface area (Å²) in [5.74, 6) is 5.25. The number of hydrogen-bond donors (Lipinski definition) is 3. The molecule has 0 fully saturated rings. The van der Waals surface area contributed by atoms with Crippen LogP contribution in [0.25, 0.3) is 0 Å². The van der Waals surface area contributed by atoms with Gasteiger partial charge >= 0.3 is 15.1 Å². The molecule has 1 aromatic rings. The number of nitrogen functional groups attached to an aromatic ring is 1. The zero-order valence-electron chi connectivity index (χ0n) is 6.58. The first-order chi connectivity index (χ1) is 5.96. The third-order valence-corrected chi connectivity index (χ3v) is 2.43. The molecule has 4 N–H and O–H groups in total. The van der Waals surface area contributed by atoms with Gasteiger partial charge in [-0.15, -0.1) is 0 Å². The molecule has 0 saturated heterocycles. The van der Waals surface area contributed by atoms with Gasteiger partial charge in [0.25, 0.3) is 0 Å². The monoisotopic (exact) mass is 205 g/mol. The lowest BCUT2D eigenvalue weighted by molar-refractivity contribution is -0.679. The molecule has 0 spiro atoms. The molecule has 0 atom stereocenters. The van der Waals surface area contributed by atoms with Crippen LogP contribution in [-0.2, 0) is 16.7 Å².